The van der Waals surface area contributed by atoms with Crippen molar-refractivity contribution in [3.8, 4) is 11.8 Å². The molecule has 1 fully saturated rings. The number of nitrogens with zero attached hydrogens (tertiary/aromatic N) is 2. The average molecular weight is 434 g/mol. The molecule has 0 aromatic heterocycles. The van der Waals surface area contributed by atoms with Crippen LogP contribution in [0.4, 0.5) is 5.69 Å². The van der Waals surface area contributed by atoms with Gasteiger partial charge in [0.15, 0.2) is 6.61 Å². The number of amides is 1. The minimum Gasteiger partial charge on any atom is -0.482 e. The Morgan fingerprint density at radius 1 is 1.17 bits per heavy atom. The van der Waals surface area contributed by atoms with Crippen LogP contribution in [0.3, 0.4) is 0 Å². The highest BCUT2D eigenvalue weighted by Gasteiger charge is 2.26. The third kappa shape index (κ3) is 5.26. The lowest BCUT2D eigenvalue weighted by atomic mass is 10.2. The zero-order valence-electron chi connectivity index (χ0n) is 15.6. The molecule has 1 saturated heterocycles. The molecule has 1 heterocycles. The van der Waals surface area contributed by atoms with E-state index in [9.17, 15) is 13.2 Å². The van der Waals surface area contributed by atoms with Crippen molar-refractivity contribution in [3.63, 3.8) is 0 Å². The molecular formula is C20H20ClN3O4S. The Kier molecular flexibility index (Phi) is 6.75. The first-order valence-corrected chi connectivity index (χ1v) is 10.9. The highest BCUT2D eigenvalue weighted by atomic mass is 35.5. The third-order valence-corrected chi connectivity index (χ3v) is 6.68. The van der Waals surface area contributed by atoms with Gasteiger partial charge in [-0.15, -0.1) is 0 Å². The van der Waals surface area contributed by atoms with E-state index in [-0.39, 0.29) is 22.3 Å². The van der Waals surface area contributed by atoms with Crippen LogP contribution in [0.5, 0.6) is 5.75 Å². The molecule has 0 unspecified atom stereocenters. The van der Waals surface area contributed by atoms with Crippen LogP contribution in [-0.2, 0) is 14.8 Å². The SMILES string of the molecule is N#Cc1cccc(NC(=O)COc2ccc(S(=O)(=O)N3CCCCC3)cc2Cl)c1. The van der Waals surface area contributed by atoms with Gasteiger partial charge in [-0.25, -0.2) is 8.42 Å². The van der Waals surface area contributed by atoms with Gasteiger partial charge >= 0.3 is 0 Å². The van der Waals surface area contributed by atoms with E-state index >= 15 is 0 Å². The summed E-state index contributed by atoms with van der Waals surface area (Å²) in [4.78, 5) is 12.2. The number of carbonyl (C=O) groups excluding carboxylic acids is 1. The number of nitrogens with one attached hydrogen (secondary N) is 1. The first-order valence-electron chi connectivity index (χ1n) is 9.12. The largest absolute Gasteiger partial charge is 0.482 e. The smallest absolute Gasteiger partial charge is 0.262 e. The standard InChI is InChI=1S/C20H20ClN3O4S/c21-18-12-17(29(26,27)24-9-2-1-3-10-24)7-8-19(18)28-14-20(25)23-16-6-4-5-15(11-16)13-22/h4-8,11-12H,1-3,9-10,14H2,(H,23,25). The van der Waals surface area contributed by atoms with Gasteiger partial charge in [-0.05, 0) is 49.2 Å². The maximum absolute atomic E-state index is 12.7. The molecule has 3 rings (SSSR count). The molecule has 0 bridgehead atoms. The maximum Gasteiger partial charge on any atom is 0.262 e. The van der Waals surface area contributed by atoms with Gasteiger partial charge in [-0.1, -0.05) is 24.1 Å². The second-order valence-corrected chi connectivity index (χ2v) is 8.93. The van der Waals surface area contributed by atoms with Gasteiger partial charge < -0.3 is 10.1 Å². The van der Waals surface area contributed by atoms with E-state index < -0.39 is 15.9 Å². The Bertz CT molecular complexity index is 1040. The number of hydrogen-bond acceptors (Lipinski definition) is 5. The molecule has 1 amide bonds. The quantitative estimate of drug-likeness (QED) is 0.752. The van der Waals surface area contributed by atoms with Crippen LogP contribution >= 0.6 is 11.6 Å². The van der Waals surface area contributed by atoms with Crippen molar-refractivity contribution in [1.29, 1.82) is 5.26 Å². The normalized spacial score (nSPS) is 14.8. The minimum atomic E-state index is -3.59. The molecule has 0 saturated carbocycles. The Labute approximate surface area is 174 Å². The first-order chi connectivity index (χ1) is 13.9. The summed E-state index contributed by atoms with van der Waals surface area (Å²) >= 11 is 6.18. The molecule has 2 aromatic carbocycles. The van der Waals surface area contributed by atoms with Gasteiger partial charge in [0.2, 0.25) is 10.0 Å². The summed E-state index contributed by atoms with van der Waals surface area (Å²) < 4.78 is 32.3. The molecule has 2 aromatic rings. The van der Waals surface area contributed by atoms with Crippen molar-refractivity contribution < 1.29 is 17.9 Å². The van der Waals surface area contributed by atoms with E-state index in [4.69, 9.17) is 21.6 Å². The van der Waals surface area contributed by atoms with Crippen LogP contribution in [0.15, 0.2) is 47.4 Å². The monoisotopic (exact) mass is 433 g/mol. The topological polar surface area (TPSA) is 99.5 Å². The van der Waals surface area contributed by atoms with Gasteiger partial charge in [-0.3, -0.25) is 4.79 Å². The van der Waals surface area contributed by atoms with E-state index in [2.05, 4.69) is 5.32 Å². The maximum atomic E-state index is 12.7. The van der Waals surface area contributed by atoms with Crippen LogP contribution in [0.25, 0.3) is 0 Å². The van der Waals surface area contributed by atoms with E-state index in [0.717, 1.165) is 19.3 Å². The summed E-state index contributed by atoms with van der Waals surface area (Å²) in [5, 5.41) is 11.6. The molecule has 29 heavy (non-hydrogen) atoms. The molecular weight excluding hydrogens is 414 g/mol. The fourth-order valence-electron chi connectivity index (χ4n) is 3.02. The van der Waals surface area contributed by atoms with E-state index in [0.29, 0.717) is 24.3 Å². The van der Waals surface area contributed by atoms with E-state index in [1.54, 1.807) is 24.3 Å². The number of halogens is 1. The predicted octanol–water partition coefficient (Wildman–Crippen LogP) is 3.40. The number of rotatable bonds is 6. The fraction of sp³-hybridized carbons (Fsp3) is 0.300. The van der Waals surface area contributed by atoms with Crippen molar-refractivity contribution in [2.45, 2.75) is 24.2 Å². The molecule has 1 aliphatic rings. The number of nitriles is 1. The molecule has 7 nitrogen and oxygen atoms in total. The van der Waals surface area contributed by atoms with Crippen molar-refractivity contribution in [2.75, 3.05) is 25.0 Å². The molecule has 1 aliphatic heterocycles. The predicted molar refractivity (Wildman–Crippen MR) is 109 cm³/mol. The summed E-state index contributed by atoms with van der Waals surface area (Å²) in [6, 6.07) is 12.7. The van der Waals surface area contributed by atoms with Gasteiger partial charge in [-0.2, -0.15) is 9.57 Å². The Balaban J connectivity index is 1.63. The van der Waals surface area contributed by atoms with Crippen molar-refractivity contribution >= 4 is 33.2 Å². The second-order valence-electron chi connectivity index (χ2n) is 6.59. The van der Waals surface area contributed by atoms with Crippen LogP contribution in [0, 0.1) is 11.3 Å². The Morgan fingerprint density at radius 2 is 1.93 bits per heavy atom. The highest BCUT2D eigenvalue weighted by Crippen LogP contribution is 2.29. The van der Waals surface area contributed by atoms with E-state index in [1.807, 2.05) is 6.07 Å². The number of carbonyl (C=O) groups is 1. The summed E-state index contributed by atoms with van der Waals surface area (Å²) in [6.07, 6.45) is 2.73. The van der Waals surface area contributed by atoms with E-state index in [1.165, 1.54) is 22.5 Å². The van der Waals surface area contributed by atoms with Crippen LogP contribution in [-0.4, -0.2) is 38.3 Å². The lowest BCUT2D eigenvalue weighted by Gasteiger charge is -2.26. The van der Waals surface area contributed by atoms with Gasteiger partial charge in [0.1, 0.15) is 5.75 Å². The van der Waals surface area contributed by atoms with Crippen LogP contribution in [0.1, 0.15) is 24.8 Å². The lowest BCUT2D eigenvalue weighted by Crippen LogP contribution is -2.35. The second kappa shape index (κ2) is 9.27. The fourth-order valence-corrected chi connectivity index (χ4v) is 4.86. The van der Waals surface area contributed by atoms with Crippen LogP contribution < -0.4 is 10.1 Å². The molecule has 0 aliphatic carbocycles. The highest BCUT2D eigenvalue weighted by molar-refractivity contribution is 7.89. The average Bonchev–Trinajstić information content (AvgIpc) is 2.73. The number of piperidine rings is 1. The zero-order chi connectivity index (χ0) is 20.9. The van der Waals surface area contributed by atoms with Crippen molar-refractivity contribution in [3.05, 3.63) is 53.1 Å². The summed E-state index contributed by atoms with van der Waals surface area (Å²) in [5.41, 5.74) is 0.906. The Morgan fingerprint density at radius 3 is 2.62 bits per heavy atom. The van der Waals surface area contributed by atoms with Gasteiger partial charge in [0, 0.05) is 18.8 Å². The molecule has 0 radical (unpaired) electrons. The van der Waals surface area contributed by atoms with Gasteiger partial charge in [0.05, 0.1) is 21.6 Å². The molecule has 0 spiro atoms. The first kappa shape index (κ1) is 21.1. The van der Waals surface area contributed by atoms with Crippen LogP contribution in [0.2, 0.25) is 5.02 Å². The lowest BCUT2D eigenvalue weighted by molar-refractivity contribution is -0.118. The van der Waals surface area contributed by atoms with Gasteiger partial charge in [0.25, 0.3) is 5.91 Å². The van der Waals surface area contributed by atoms with Crippen molar-refractivity contribution in [2.24, 2.45) is 0 Å². The molecule has 1 N–H and O–H groups in total. The number of hydrogen-bond donors (Lipinski definition) is 1. The summed E-state index contributed by atoms with van der Waals surface area (Å²) in [5.74, 6) is -0.216. The molecule has 152 valence electrons. The number of ether oxygens (including phenoxy) is 1. The number of anilines is 1. The minimum absolute atomic E-state index is 0.106. The zero-order valence-corrected chi connectivity index (χ0v) is 17.2. The molecule has 9 heteroatoms. The summed E-state index contributed by atoms with van der Waals surface area (Å²) in [7, 11) is -3.59. The Hall–Kier alpha value is -2.60. The third-order valence-electron chi connectivity index (χ3n) is 4.49. The number of sulfonamides is 1. The number of benzene rings is 2. The molecule has 0 atom stereocenters. The summed E-state index contributed by atoms with van der Waals surface area (Å²) in [6.45, 7) is 0.700. The van der Waals surface area contributed by atoms with Crippen molar-refractivity contribution in [1.82, 2.24) is 4.31 Å².